The fourth-order valence-corrected chi connectivity index (χ4v) is 5.90. The first-order valence-corrected chi connectivity index (χ1v) is 13.6. The molecule has 0 bridgehead atoms. The first-order chi connectivity index (χ1) is 17.0. The molecule has 36 heavy (non-hydrogen) atoms. The Balaban J connectivity index is 1.67. The number of aromatic amines is 1. The van der Waals surface area contributed by atoms with Crippen LogP contribution < -0.4 is 15.9 Å². The topological polar surface area (TPSA) is 108 Å². The van der Waals surface area contributed by atoms with E-state index in [4.69, 9.17) is 17.3 Å². The summed E-state index contributed by atoms with van der Waals surface area (Å²) in [6.45, 7) is 11.7. The lowest BCUT2D eigenvalue weighted by atomic mass is 9.93. The highest BCUT2D eigenvalue weighted by atomic mass is 35.5. The molecule has 0 aliphatic carbocycles. The van der Waals surface area contributed by atoms with Gasteiger partial charge in [-0.3, -0.25) is 9.59 Å². The summed E-state index contributed by atoms with van der Waals surface area (Å²) in [4.78, 5) is 26.1. The summed E-state index contributed by atoms with van der Waals surface area (Å²) in [6, 6.07) is 11.5. The van der Waals surface area contributed by atoms with Gasteiger partial charge in [0.05, 0.1) is 37.3 Å². The smallest absolute Gasteiger partial charge is 0.305 e. The molecule has 3 rings (SSSR count). The fraction of sp³-hybridized carbons (Fsp3) is 0.481. The number of benzene rings is 2. The number of phenols is 1. The van der Waals surface area contributed by atoms with Crippen LogP contribution in [0.2, 0.25) is 5.02 Å². The number of H-pyrrole nitrogens is 1. The van der Waals surface area contributed by atoms with Crippen molar-refractivity contribution in [3.05, 3.63) is 62.2 Å². The van der Waals surface area contributed by atoms with Gasteiger partial charge in [-0.15, -0.1) is 0 Å². The van der Waals surface area contributed by atoms with Gasteiger partial charge in [-0.2, -0.15) is 0 Å². The fourth-order valence-electron chi connectivity index (χ4n) is 4.88. The molecular formula is C27H38ClN4O3S+. The Hall–Kier alpha value is -2.39. The van der Waals surface area contributed by atoms with Crippen LogP contribution in [-0.4, -0.2) is 59.7 Å². The van der Waals surface area contributed by atoms with E-state index >= 15 is 0 Å². The van der Waals surface area contributed by atoms with Crippen LogP contribution in [0.4, 0.5) is 0 Å². The van der Waals surface area contributed by atoms with Crippen molar-refractivity contribution >= 4 is 39.1 Å². The van der Waals surface area contributed by atoms with E-state index in [9.17, 15) is 14.7 Å². The van der Waals surface area contributed by atoms with Crippen molar-refractivity contribution in [2.75, 3.05) is 39.3 Å². The lowest BCUT2D eigenvalue weighted by Gasteiger charge is -2.43. The number of carbonyl (C=O) groups is 1. The zero-order chi connectivity index (χ0) is 26.3. The maximum atomic E-state index is 11.8. The molecule has 0 radical (unpaired) electrons. The van der Waals surface area contributed by atoms with Gasteiger partial charge in [0.25, 0.3) is 0 Å². The van der Waals surface area contributed by atoms with E-state index in [2.05, 4.69) is 43.2 Å². The van der Waals surface area contributed by atoms with Crippen LogP contribution in [0.25, 0.3) is 10.2 Å². The zero-order valence-electron chi connectivity index (χ0n) is 21.4. The second-order valence-corrected chi connectivity index (χ2v) is 12.2. The monoisotopic (exact) mass is 533 g/mol. The third-order valence-corrected chi connectivity index (χ3v) is 7.61. The number of nitrogens with one attached hydrogen (secondary N) is 2. The van der Waals surface area contributed by atoms with E-state index in [1.165, 1.54) is 5.56 Å². The number of rotatable bonds is 13. The number of aromatic nitrogens is 1. The predicted octanol–water partition coefficient (Wildman–Crippen LogP) is 4.06. The maximum absolute atomic E-state index is 11.8. The average Bonchev–Trinajstić information content (AvgIpc) is 3.20. The molecule has 7 nitrogen and oxygen atoms in total. The largest absolute Gasteiger partial charge is 0.506 e. The van der Waals surface area contributed by atoms with Gasteiger partial charge in [-0.1, -0.05) is 61.9 Å². The average molecular weight is 534 g/mol. The SMILES string of the molecule is CC(C)(C)C[N+](CCNCCc1ccc(O)c2[nH]c(=O)sc12)(CCC(N)=O)CCc1ccc(Cl)cc1. The molecule has 1 amide bonds. The molecule has 1 aromatic heterocycles. The summed E-state index contributed by atoms with van der Waals surface area (Å²) in [6.07, 6.45) is 1.99. The van der Waals surface area contributed by atoms with Crippen LogP contribution in [0.3, 0.4) is 0 Å². The lowest BCUT2D eigenvalue weighted by Crippen LogP contribution is -2.57. The summed E-state index contributed by atoms with van der Waals surface area (Å²) in [5.41, 5.74) is 8.42. The number of nitrogens with two attached hydrogens (primary N) is 1. The number of carbonyl (C=O) groups excluding carboxylic acids is 1. The number of amides is 1. The number of primary amides is 1. The normalized spacial score (nSPS) is 13.7. The van der Waals surface area contributed by atoms with E-state index in [1.807, 2.05) is 18.2 Å². The van der Waals surface area contributed by atoms with Crippen LogP contribution in [0.5, 0.6) is 5.75 Å². The van der Waals surface area contributed by atoms with Crippen LogP contribution in [0.15, 0.2) is 41.2 Å². The number of hydrogen-bond donors (Lipinski definition) is 4. The minimum Gasteiger partial charge on any atom is -0.506 e. The summed E-state index contributed by atoms with van der Waals surface area (Å²) in [5.74, 6) is -0.174. The highest BCUT2D eigenvalue weighted by Gasteiger charge is 2.32. The highest BCUT2D eigenvalue weighted by molar-refractivity contribution is 7.16. The number of aromatic hydroxyl groups is 1. The Labute approximate surface area is 221 Å². The molecule has 0 saturated heterocycles. The highest BCUT2D eigenvalue weighted by Crippen LogP contribution is 2.28. The Kier molecular flexibility index (Phi) is 9.58. The second kappa shape index (κ2) is 12.2. The third kappa shape index (κ3) is 8.34. The van der Waals surface area contributed by atoms with Gasteiger partial charge in [0.2, 0.25) is 5.91 Å². The molecule has 0 aliphatic heterocycles. The van der Waals surface area contributed by atoms with E-state index in [1.54, 1.807) is 6.07 Å². The van der Waals surface area contributed by atoms with Gasteiger partial charge in [-0.05, 0) is 42.3 Å². The number of nitrogens with zero attached hydrogens (tertiary/aromatic N) is 1. The Morgan fingerprint density at radius 3 is 2.47 bits per heavy atom. The van der Waals surface area contributed by atoms with Crippen LogP contribution >= 0.6 is 22.9 Å². The summed E-state index contributed by atoms with van der Waals surface area (Å²) < 4.78 is 1.61. The zero-order valence-corrected chi connectivity index (χ0v) is 23.0. The van der Waals surface area contributed by atoms with Gasteiger partial charge in [0.15, 0.2) is 0 Å². The molecule has 3 aromatic rings. The molecule has 0 spiro atoms. The summed E-state index contributed by atoms with van der Waals surface area (Å²) >= 11 is 7.19. The molecule has 0 aliphatic rings. The Morgan fingerprint density at radius 2 is 1.81 bits per heavy atom. The van der Waals surface area contributed by atoms with Gasteiger partial charge in [0, 0.05) is 23.4 Å². The van der Waals surface area contributed by atoms with E-state index in [-0.39, 0.29) is 21.9 Å². The number of halogens is 1. The maximum Gasteiger partial charge on any atom is 0.305 e. The molecule has 0 fully saturated rings. The molecule has 2 aromatic carbocycles. The van der Waals surface area contributed by atoms with Crippen molar-refractivity contribution in [1.29, 1.82) is 0 Å². The standard InChI is InChI=1S/C27H37ClN4O3S/c1-27(2,3)18-32(16-12-23(29)34,15-11-19-4-7-21(28)8-5-19)17-14-30-13-10-20-6-9-22(33)24-25(20)36-26(35)31-24/h4-9,30H,10-18H2,1-3H3,(H3-,29,31,33,34,35)/p+1. The third-order valence-electron chi connectivity index (χ3n) is 6.40. The van der Waals surface area contributed by atoms with E-state index in [0.717, 1.165) is 76.7 Å². The Bertz CT molecular complexity index is 1220. The quantitative estimate of drug-likeness (QED) is 0.196. The van der Waals surface area contributed by atoms with Crippen molar-refractivity contribution in [2.45, 2.75) is 40.0 Å². The molecule has 5 N–H and O–H groups in total. The molecule has 1 unspecified atom stereocenters. The minimum atomic E-state index is -0.271. The van der Waals surface area contributed by atoms with Gasteiger partial charge < -0.3 is 25.6 Å². The number of phenolic OH excluding ortho intramolecular Hbond substituents is 1. The number of hydrogen-bond acceptors (Lipinski definition) is 5. The lowest BCUT2D eigenvalue weighted by molar-refractivity contribution is -0.931. The van der Waals surface area contributed by atoms with Crippen LogP contribution in [0, 0.1) is 5.41 Å². The number of quaternary nitrogens is 1. The van der Waals surface area contributed by atoms with E-state index in [0.29, 0.717) is 18.5 Å². The number of thiazole rings is 1. The molecule has 1 heterocycles. The summed E-state index contributed by atoms with van der Waals surface area (Å²) in [5, 5.41) is 14.3. The second-order valence-electron chi connectivity index (χ2n) is 10.8. The first kappa shape index (κ1) is 28.2. The minimum absolute atomic E-state index is 0.0843. The number of fused-ring (bicyclic) bond motifs is 1. The Morgan fingerprint density at radius 1 is 1.08 bits per heavy atom. The summed E-state index contributed by atoms with van der Waals surface area (Å²) in [7, 11) is 0. The van der Waals surface area contributed by atoms with Crippen molar-refractivity contribution in [3.8, 4) is 5.75 Å². The molecule has 196 valence electrons. The molecule has 1 atom stereocenters. The predicted molar refractivity (Wildman–Crippen MR) is 149 cm³/mol. The van der Waals surface area contributed by atoms with Crippen LogP contribution in [-0.2, 0) is 17.6 Å². The molecule has 9 heteroatoms. The van der Waals surface area contributed by atoms with Gasteiger partial charge in [-0.25, -0.2) is 0 Å². The first-order valence-electron chi connectivity index (χ1n) is 12.4. The van der Waals surface area contributed by atoms with Gasteiger partial charge in [0.1, 0.15) is 11.3 Å². The van der Waals surface area contributed by atoms with E-state index < -0.39 is 0 Å². The van der Waals surface area contributed by atoms with Crippen molar-refractivity contribution in [3.63, 3.8) is 0 Å². The van der Waals surface area contributed by atoms with Crippen molar-refractivity contribution in [1.82, 2.24) is 10.3 Å². The molecule has 0 saturated carbocycles. The molecular weight excluding hydrogens is 496 g/mol. The van der Waals surface area contributed by atoms with Gasteiger partial charge >= 0.3 is 4.87 Å². The van der Waals surface area contributed by atoms with Crippen LogP contribution in [0.1, 0.15) is 38.3 Å². The van der Waals surface area contributed by atoms with Crippen molar-refractivity contribution in [2.24, 2.45) is 11.1 Å². The van der Waals surface area contributed by atoms with Crippen molar-refractivity contribution < 1.29 is 14.4 Å².